The predicted octanol–water partition coefficient (Wildman–Crippen LogP) is 5.13. The van der Waals surface area contributed by atoms with E-state index < -0.39 is 0 Å². The zero-order valence-electron chi connectivity index (χ0n) is 16.3. The van der Waals surface area contributed by atoms with Crippen LogP contribution in [0, 0.1) is 11.3 Å². The Bertz CT molecular complexity index is 1370. The average molecular weight is 367 g/mol. The number of benzene rings is 2. The van der Waals surface area contributed by atoms with Crippen LogP contribution in [-0.2, 0) is 12.8 Å². The summed E-state index contributed by atoms with van der Waals surface area (Å²) in [5, 5.41) is 13.0. The van der Waals surface area contributed by atoms with Crippen molar-refractivity contribution in [1.82, 2.24) is 9.38 Å². The smallest absolute Gasteiger partial charge is 0.264 e. The van der Waals surface area contributed by atoms with E-state index in [4.69, 9.17) is 10.2 Å². The highest BCUT2D eigenvalue weighted by Crippen LogP contribution is 2.34. The number of hydrogen-bond donors (Lipinski definition) is 0. The summed E-state index contributed by atoms with van der Waals surface area (Å²) in [6, 6.07) is 10.3. The van der Waals surface area contributed by atoms with Gasteiger partial charge in [0.1, 0.15) is 5.65 Å². The average Bonchev–Trinajstić information content (AvgIpc) is 3.09. The number of aryl methyl sites for hydroxylation is 2. The van der Waals surface area contributed by atoms with E-state index in [9.17, 15) is 4.79 Å². The van der Waals surface area contributed by atoms with Gasteiger partial charge in [0.15, 0.2) is 0 Å². The molecule has 4 heteroatoms. The van der Waals surface area contributed by atoms with E-state index in [1.807, 2.05) is 6.07 Å². The number of pyridine rings is 1. The molecule has 4 nitrogen and oxygen atoms in total. The van der Waals surface area contributed by atoms with Gasteiger partial charge in [0, 0.05) is 21.7 Å². The monoisotopic (exact) mass is 367 g/mol. The maximum absolute atomic E-state index is 13.4. The molecule has 0 unspecified atom stereocenters. The molecule has 0 saturated carbocycles. The van der Waals surface area contributed by atoms with Crippen molar-refractivity contribution in [2.24, 2.45) is 0 Å². The molecule has 0 radical (unpaired) electrons. The molecule has 0 fully saturated rings. The Morgan fingerprint density at radius 1 is 1.14 bits per heavy atom. The molecule has 0 aliphatic carbocycles. The number of imidazole rings is 1. The summed E-state index contributed by atoms with van der Waals surface area (Å²) in [5.41, 5.74) is 4.75. The second-order valence-electron chi connectivity index (χ2n) is 6.99. The van der Waals surface area contributed by atoms with Crippen LogP contribution >= 0.6 is 0 Å². The van der Waals surface area contributed by atoms with Gasteiger partial charge < -0.3 is 0 Å². The van der Waals surface area contributed by atoms with Gasteiger partial charge >= 0.3 is 0 Å². The summed E-state index contributed by atoms with van der Waals surface area (Å²) in [5.74, 6) is 0. The maximum Gasteiger partial charge on any atom is 0.264 e. The largest absolute Gasteiger partial charge is 0.268 e. The number of rotatable bonds is 4. The van der Waals surface area contributed by atoms with Gasteiger partial charge in [0.25, 0.3) is 5.56 Å². The molecule has 0 amide bonds. The summed E-state index contributed by atoms with van der Waals surface area (Å²) < 4.78 is 1.62. The lowest BCUT2D eigenvalue weighted by Crippen LogP contribution is -2.15. The van der Waals surface area contributed by atoms with Crippen LogP contribution in [-0.4, -0.2) is 9.38 Å². The number of nitriles is 1. The Hall–Kier alpha value is -3.45. The minimum absolute atomic E-state index is 0.0972. The topological polar surface area (TPSA) is 58.2 Å². The molecule has 2 heterocycles. The fourth-order valence-corrected chi connectivity index (χ4v) is 4.09. The minimum atomic E-state index is -0.0972. The van der Waals surface area contributed by atoms with Crippen LogP contribution in [0.3, 0.4) is 0 Å². The van der Waals surface area contributed by atoms with E-state index in [1.165, 1.54) is 16.5 Å². The van der Waals surface area contributed by atoms with E-state index >= 15 is 0 Å². The van der Waals surface area contributed by atoms with Gasteiger partial charge in [-0.3, -0.25) is 9.20 Å². The van der Waals surface area contributed by atoms with E-state index in [-0.39, 0.29) is 5.56 Å². The van der Waals surface area contributed by atoms with Crippen LogP contribution in [0.15, 0.2) is 41.2 Å². The van der Waals surface area contributed by atoms with E-state index in [1.54, 1.807) is 23.5 Å². The number of allylic oxidation sites excluding steroid dienone is 1. The molecule has 0 saturated heterocycles. The molecule has 2 aromatic heterocycles. The van der Waals surface area contributed by atoms with Gasteiger partial charge in [0.05, 0.1) is 17.5 Å². The number of aromatic nitrogens is 2. The van der Waals surface area contributed by atoms with E-state index in [0.717, 1.165) is 23.6 Å². The summed E-state index contributed by atoms with van der Waals surface area (Å²) in [7, 11) is 0. The third-order valence-electron chi connectivity index (χ3n) is 5.43. The summed E-state index contributed by atoms with van der Waals surface area (Å²) in [6.07, 6.45) is 5.15. The number of fused-ring (bicyclic) bond motifs is 2. The van der Waals surface area contributed by atoms with Crippen molar-refractivity contribution in [1.29, 1.82) is 5.26 Å². The Morgan fingerprint density at radius 2 is 1.79 bits per heavy atom. The van der Waals surface area contributed by atoms with Crippen molar-refractivity contribution in [3.63, 3.8) is 0 Å². The SMILES string of the molecule is C=Cc1c(/C=C(\C)C#N)nc2c3ccc(CC)c4c(CC)ccc(c(=O)n12)c43. The Balaban J connectivity index is 2.30. The first-order valence-electron chi connectivity index (χ1n) is 9.51. The highest BCUT2D eigenvalue weighted by atomic mass is 16.1. The van der Waals surface area contributed by atoms with E-state index in [0.29, 0.717) is 28.0 Å². The molecule has 0 N–H and O–H groups in total. The fraction of sp³-hybridized carbons (Fsp3) is 0.208. The van der Waals surface area contributed by atoms with Gasteiger partial charge in [-0.15, -0.1) is 0 Å². The molecule has 0 aliphatic rings. The third kappa shape index (κ3) is 2.36. The first-order chi connectivity index (χ1) is 13.5. The van der Waals surface area contributed by atoms with Crippen LogP contribution in [0.4, 0.5) is 0 Å². The molecular formula is C24H21N3O. The first-order valence-corrected chi connectivity index (χ1v) is 9.51. The van der Waals surface area contributed by atoms with Gasteiger partial charge in [0.2, 0.25) is 0 Å². The Morgan fingerprint density at radius 3 is 2.36 bits per heavy atom. The second-order valence-corrected chi connectivity index (χ2v) is 6.99. The van der Waals surface area contributed by atoms with Crippen LogP contribution in [0.5, 0.6) is 0 Å². The van der Waals surface area contributed by atoms with E-state index in [2.05, 4.69) is 44.7 Å². The second kappa shape index (κ2) is 6.61. The third-order valence-corrected chi connectivity index (χ3v) is 5.43. The van der Waals surface area contributed by atoms with Crippen LogP contribution < -0.4 is 5.56 Å². The maximum atomic E-state index is 13.4. The van der Waals surface area contributed by atoms with Crippen molar-refractivity contribution in [3.05, 3.63) is 69.3 Å². The normalized spacial score (nSPS) is 12.1. The molecule has 0 atom stereocenters. The van der Waals surface area contributed by atoms with Gasteiger partial charge in [-0.2, -0.15) is 5.26 Å². The molecule has 138 valence electrons. The van der Waals surface area contributed by atoms with Crippen molar-refractivity contribution < 1.29 is 0 Å². The van der Waals surface area contributed by atoms with Crippen LogP contribution in [0.2, 0.25) is 0 Å². The molecule has 2 aromatic carbocycles. The summed E-state index contributed by atoms with van der Waals surface area (Å²) in [6.45, 7) is 9.87. The van der Waals surface area contributed by atoms with Gasteiger partial charge in [-0.25, -0.2) is 4.98 Å². The van der Waals surface area contributed by atoms with Gasteiger partial charge in [-0.1, -0.05) is 38.6 Å². The van der Waals surface area contributed by atoms with Crippen molar-refractivity contribution in [3.8, 4) is 6.07 Å². The molecule has 0 bridgehead atoms. The van der Waals surface area contributed by atoms with Crippen molar-refractivity contribution in [2.75, 3.05) is 0 Å². The zero-order valence-corrected chi connectivity index (χ0v) is 16.3. The van der Waals surface area contributed by atoms with Crippen molar-refractivity contribution in [2.45, 2.75) is 33.6 Å². The Labute approximate surface area is 163 Å². The lowest BCUT2D eigenvalue weighted by molar-refractivity contribution is 1.11. The summed E-state index contributed by atoms with van der Waals surface area (Å²) in [4.78, 5) is 18.2. The molecular weight excluding hydrogens is 346 g/mol. The van der Waals surface area contributed by atoms with Crippen molar-refractivity contribution >= 4 is 39.3 Å². The highest BCUT2D eigenvalue weighted by molar-refractivity contribution is 6.16. The predicted molar refractivity (Wildman–Crippen MR) is 116 cm³/mol. The van der Waals surface area contributed by atoms with Crippen LogP contribution in [0.25, 0.3) is 39.3 Å². The zero-order chi connectivity index (χ0) is 20.0. The standard InChI is InChI=1S/C24H21N3O/c1-5-15-8-10-17-22-18(11-9-16(6-2)21(15)22)24(28)27-20(7-3)19(26-23(17)27)12-14(4)13-25/h7-12H,3,5-6H2,1-2,4H3/b14-12+. The lowest BCUT2D eigenvalue weighted by atomic mass is 9.92. The first kappa shape index (κ1) is 17.9. The quantitative estimate of drug-likeness (QED) is 0.470. The molecule has 4 rings (SSSR count). The molecule has 28 heavy (non-hydrogen) atoms. The lowest BCUT2D eigenvalue weighted by Gasteiger charge is -2.14. The van der Waals surface area contributed by atoms with Crippen LogP contribution in [0.1, 0.15) is 43.3 Å². The number of nitrogens with zero attached hydrogens (tertiary/aromatic N) is 3. The highest BCUT2D eigenvalue weighted by Gasteiger charge is 2.20. The molecule has 4 aromatic rings. The molecule has 0 aliphatic heterocycles. The number of hydrogen-bond acceptors (Lipinski definition) is 3. The Kier molecular flexibility index (Phi) is 4.24. The minimum Gasteiger partial charge on any atom is -0.268 e. The van der Waals surface area contributed by atoms with Gasteiger partial charge in [-0.05, 0) is 54.5 Å². The molecule has 0 spiro atoms. The fourth-order valence-electron chi connectivity index (χ4n) is 4.09. The summed E-state index contributed by atoms with van der Waals surface area (Å²) >= 11 is 0.